The Balaban J connectivity index is 1.64. The van der Waals surface area contributed by atoms with Crippen LogP contribution in [0.15, 0.2) is 0 Å². The summed E-state index contributed by atoms with van der Waals surface area (Å²) in [5, 5.41) is 6.36. The third-order valence-corrected chi connectivity index (χ3v) is 5.98. The minimum atomic E-state index is -2.82. The summed E-state index contributed by atoms with van der Waals surface area (Å²) in [6, 6.07) is 0.494. The van der Waals surface area contributed by atoms with E-state index >= 15 is 0 Å². The van der Waals surface area contributed by atoms with Crippen LogP contribution >= 0.6 is 11.8 Å². The smallest absolute Gasteiger partial charge is 0.315 e. The summed E-state index contributed by atoms with van der Waals surface area (Å²) in [4.78, 5) is 11.2. The number of thioether (sulfide) groups is 1. The molecular formula is C11H20N2O3S2. The second-order valence-corrected chi connectivity index (χ2v) is 8.63. The third kappa shape index (κ3) is 3.78. The van der Waals surface area contributed by atoms with Gasteiger partial charge in [-0.05, 0) is 12.8 Å². The Morgan fingerprint density at radius 2 is 2.06 bits per heavy atom. The molecule has 0 saturated carbocycles. The molecule has 2 saturated heterocycles. The highest BCUT2D eigenvalue weighted by molar-refractivity contribution is 8.00. The molecule has 3 atom stereocenters. The van der Waals surface area contributed by atoms with Crippen LogP contribution in [0, 0.1) is 0 Å². The van der Waals surface area contributed by atoms with Gasteiger partial charge in [0, 0.05) is 23.0 Å². The first-order valence-corrected chi connectivity index (χ1v) is 9.43. The Kier molecular flexibility index (Phi) is 4.42. The van der Waals surface area contributed by atoms with Crippen molar-refractivity contribution < 1.29 is 13.2 Å². The van der Waals surface area contributed by atoms with Crippen molar-refractivity contribution in [3.63, 3.8) is 0 Å². The molecule has 2 heterocycles. The van der Waals surface area contributed by atoms with Gasteiger partial charge >= 0.3 is 6.03 Å². The number of hydrogen-bond acceptors (Lipinski definition) is 4. The lowest BCUT2D eigenvalue weighted by Gasteiger charge is -2.16. The van der Waals surface area contributed by atoms with Gasteiger partial charge in [0.25, 0.3) is 0 Å². The van der Waals surface area contributed by atoms with Gasteiger partial charge in [0.2, 0.25) is 0 Å². The minimum absolute atomic E-state index is 0.0487. The highest BCUT2D eigenvalue weighted by Gasteiger charge is 2.42. The number of hydrogen-bond donors (Lipinski definition) is 2. The van der Waals surface area contributed by atoms with Crippen molar-refractivity contribution >= 4 is 27.6 Å². The zero-order valence-corrected chi connectivity index (χ0v) is 12.1. The molecule has 0 radical (unpaired) electrons. The van der Waals surface area contributed by atoms with E-state index in [-0.39, 0.29) is 23.9 Å². The van der Waals surface area contributed by atoms with Crippen LogP contribution in [-0.4, -0.2) is 49.5 Å². The van der Waals surface area contributed by atoms with Crippen molar-refractivity contribution in [3.8, 4) is 0 Å². The number of nitrogens with one attached hydrogen (secondary N) is 2. The van der Waals surface area contributed by atoms with E-state index in [1.165, 1.54) is 6.26 Å². The maximum Gasteiger partial charge on any atom is 0.315 e. The van der Waals surface area contributed by atoms with Crippen LogP contribution < -0.4 is 10.6 Å². The summed E-state index contributed by atoms with van der Waals surface area (Å²) in [5.74, 6) is 1.27. The standard InChI is InChI=1S/C11H20N2O3S2/c1-18(15,16)6-4-2-3-5-9-10-8(7-17-9)12-11(14)13-10/h8-10H,2-7H2,1H3,(H2,12,13,14)/t8?,9?,10-/m0/s1. The molecular weight excluding hydrogens is 272 g/mol. The fraction of sp³-hybridized carbons (Fsp3) is 0.909. The zero-order valence-electron chi connectivity index (χ0n) is 10.5. The predicted molar refractivity (Wildman–Crippen MR) is 73.7 cm³/mol. The van der Waals surface area contributed by atoms with Gasteiger partial charge in [-0.2, -0.15) is 11.8 Å². The quantitative estimate of drug-likeness (QED) is 0.560. The first-order chi connectivity index (χ1) is 8.46. The monoisotopic (exact) mass is 292 g/mol. The van der Waals surface area contributed by atoms with E-state index in [0.29, 0.717) is 5.25 Å². The van der Waals surface area contributed by atoms with Crippen molar-refractivity contribution in [1.29, 1.82) is 0 Å². The van der Waals surface area contributed by atoms with Crippen molar-refractivity contribution in [3.05, 3.63) is 0 Å². The van der Waals surface area contributed by atoms with Crippen LogP contribution in [0.4, 0.5) is 4.79 Å². The summed E-state index contributed by atoms with van der Waals surface area (Å²) in [5.41, 5.74) is 0. The Morgan fingerprint density at radius 1 is 1.28 bits per heavy atom. The van der Waals surface area contributed by atoms with Crippen molar-refractivity contribution in [1.82, 2.24) is 10.6 Å². The van der Waals surface area contributed by atoms with E-state index in [1.807, 2.05) is 11.8 Å². The maximum atomic E-state index is 11.2. The van der Waals surface area contributed by atoms with Gasteiger partial charge in [-0.3, -0.25) is 0 Å². The number of amides is 2. The number of urea groups is 1. The molecule has 2 N–H and O–H groups in total. The summed E-state index contributed by atoms with van der Waals surface area (Å²) in [6.07, 6.45) is 5.06. The SMILES string of the molecule is CS(=O)(=O)CCCCCC1SCC2NC(=O)N[C@@H]21. The first-order valence-electron chi connectivity index (χ1n) is 6.32. The van der Waals surface area contributed by atoms with Crippen molar-refractivity contribution in [2.45, 2.75) is 43.0 Å². The molecule has 0 aromatic rings. The molecule has 0 spiro atoms. The fourth-order valence-electron chi connectivity index (χ4n) is 2.53. The van der Waals surface area contributed by atoms with E-state index < -0.39 is 9.84 Å². The van der Waals surface area contributed by atoms with Gasteiger partial charge in [0.1, 0.15) is 9.84 Å². The number of carbonyl (C=O) groups is 1. The molecule has 18 heavy (non-hydrogen) atoms. The van der Waals surface area contributed by atoms with Crippen LogP contribution in [0.3, 0.4) is 0 Å². The second kappa shape index (κ2) is 5.69. The molecule has 2 rings (SSSR count). The highest BCUT2D eigenvalue weighted by atomic mass is 32.2. The summed E-state index contributed by atoms with van der Waals surface area (Å²) in [7, 11) is -2.82. The Bertz CT molecular complexity index is 411. The Labute approximate surface area is 112 Å². The molecule has 2 amide bonds. The number of fused-ring (bicyclic) bond motifs is 1. The third-order valence-electron chi connectivity index (χ3n) is 3.44. The van der Waals surface area contributed by atoms with Crippen LogP contribution in [0.1, 0.15) is 25.7 Å². The number of sulfone groups is 1. The zero-order chi connectivity index (χ0) is 13.2. The lowest BCUT2D eigenvalue weighted by Crippen LogP contribution is -2.36. The molecule has 104 valence electrons. The molecule has 5 nitrogen and oxygen atoms in total. The maximum absolute atomic E-state index is 11.2. The lowest BCUT2D eigenvalue weighted by atomic mass is 10.0. The van der Waals surface area contributed by atoms with Crippen LogP contribution in [0.5, 0.6) is 0 Å². The van der Waals surface area contributed by atoms with Gasteiger partial charge in [0.05, 0.1) is 12.1 Å². The molecule has 2 aliphatic rings. The summed E-state index contributed by atoms with van der Waals surface area (Å²) < 4.78 is 22.0. The number of unbranched alkanes of at least 4 members (excludes halogenated alkanes) is 2. The average Bonchev–Trinajstić information content (AvgIpc) is 2.76. The topological polar surface area (TPSA) is 75.3 Å². The van der Waals surface area contributed by atoms with E-state index in [1.54, 1.807) is 0 Å². The number of rotatable bonds is 6. The molecule has 0 bridgehead atoms. The van der Waals surface area contributed by atoms with Gasteiger partial charge < -0.3 is 10.6 Å². The normalized spacial score (nSPS) is 30.9. The van der Waals surface area contributed by atoms with Gasteiger partial charge in [0.15, 0.2) is 0 Å². The van der Waals surface area contributed by atoms with Gasteiger partial charge in [-0.25, -0.2) is 13.2 Å². The van der Waals surface area contributed by atoms with Crippen molar-refractivity contribution in [2.24, 2.45) is 0 Å². The van der Waals surface area contributed by atoms with E-state index in [2.05, 4.69) is 10.6 Å². The first kappa shape index (κ1) is 14.0. The molecule has 0 aromatic carbocycles. The predicted octanol–water partition coefficient (Wildman–Crippen LogP) is 0.757. The molecule has 2 fully saturated rings. The number of carbonyl (C=O) groups excluding carboxylic acids is 1. The minimum Gasteiger partial charge on any atom is -0.332 e. The molecule has 0 aromatic heterocycles. The molecule has 2 unspecified atom stereocenters. The summed E-state index contributed by atoms with van der Waals surface area (Å²) in [6.45, 7) is 0. The van der Waals surface area contributed by atoms with E-state index in [9.17, 15) is 13.2 Å². The van der Waals surface area contributed by atoms with Crippen LogP contribution in [-0.2, 0) is 9.84 Å². The van der Waals surface area contributed by atoms with E-state index in [4.69, 9.17) is 0 Å². The highest BCUT2D eigenvalue weighted by Crippen LogP contribution is 2.33. The lowest BCUT2D eigenvalue weighted by molar-refractivity contribution is 0.247. The fourth-order valence-corrected chi connectivity index (χ4v) is 4.80. The Morgan fingerprint density at radius 3 is 2.78 bits per heavy atom. The van der Waals surface area contributed by atoms with Gasteiger partial charge in [-0.15, -0.1) is 0 Å². The molecule has 0 aliphatic carbocycles. The average molecular weight is 292 g/mol. The van der Waals surface area contributed by atoms with Crippen LogP contribution in [0.25, 0.3) is 0 Å². The van der Waals surface area contributed by atoms with Gasteiger partial charge in [-0.1, -0.05) is 12.8 Å². The molecule has 2 aliphatic heterocycles. The molecule has 7 heteroatoms. The largest absolute Gasteiger partial charge is 0.332 e. The summed E-state index contributed by atoms with van der Waals surface area (Å²) >= 11 is 1.90. The van der Waals surface area contributed by atoms with E-state index in [0.717, 1.165) is 31.4 Å². The van der Waals surface area contributed by atoms with Crippen molar-refractivity contribution in [2.75, 3.05) is 17.8 Å². The Hall–Kier alpha value is -0.430. The second-order valence-electron chi connectivity index (χ2n) is 5.10. The van der Waals surface area contributed by atoms with Crippen LogP contribution in [0.2, 0.25) is 0 Å².